The number of hydrogen-bond acceptors (Lipinski definition) is 4. The van der Waals surface area contributed by atoms with Crippen LogP contribution in [0, 0.1) is 12.3 Å². The number of amides is 1. The zero-order valence-electron chi connectivity index (χ0n) is 21.9. The lowest BCUT2D eigenvalue weighted by Crippen LogP contribution is -2.37. The lowest BCUT2D eigenvalue weighted by Gasteiger charge is -2.28. The Bertz CT molecular complexity index is 1660. The van der Waals surface area contributed by atoms with Crippen LogP contribution in [-0.4, -0.2) is 33.4 Å². The number of carbonyl (C=O) groups is 1. The van der Waals surface area contributed by atoms with Crippen molar-refractivity contribution in [3.63, 3.8) is 0 Å². The Morgan fingerprint density at radius 3 is 2.49 bits per heavy atom. The van der Waals surface area contributed by atoms with E-state index in [0.717, 1.165) is 36.1 Å². The van der Waals surface area contributed by atoms with Gasteiger partial charge in [-0.05, 0) is 69.5 Å². The van der Waals surface area contributed by atoms with Gasteiger partial charge < -0.3 is 4.90 Å². The second-order valence-corrected chi connectivity index (χ2v) is 11.1. The molecule has 2 aromatic heterocycles. The molecule has 7 heteroatoms. The molecule has 1 aliphatic heterocycles. The van der Waals surface area contributed by atoms with E-state index in [2.05, 4.69) is 5.92 Å². The standard InChI is InChI=1S/C32H28ClN3O2S/c1-4-22-10-6-7-11-28(22)36-29(18-21(2)3)25(31(37)35-16-8-5-9-17-35)19-26(32(36)38)30-34-27(20-39-30)23-12-14-24(33)15-13-23/h1,6-7,10-15,18-20H,5,8-9,16-17H2,2-3H3. The molecule has 0 atom stereocenters. The maximum Gasteiger partial charge on any atom is 0.265 e. The van der Waals surface area contributed by atoms with Crippen LogP contribution >= 0.6 is 22.9 Å². The molecule has 0 radical (unpaired) electrons. The van der Waals surface area contributed by atoms with Crippen LogP contribution in [0.5, 0.6) is 0 Å². The van der Waals surface area contributed by atoms with E-state index in [1.807, 2.05) is 72.7 Å². The Balaban J connectivity index is 1.78. The number of terminal acetylenes is 1. The molecule has 2 aromatic carbocycles. The number of hydrogen-bond donors (Lipinski definition) is 0. The van der Waals surface area contributed by atoms with Crippen molar-refractivity contribution < 1.29 is 4.79 Å². The maximum absolute atomic E-state index is 14.3. The quantitative estimate of drug-likeness (QED) is 0.243. The van der Waals surface area contributed by atoms with Gasteiger partial charge in [0.2, 0.25) is 0 Å². The predicted octanol–water partition coefficient (Wildman–Crippen LogP) is 7.31. The summed E-state index contributed by atoms with van der Waals surface area (Å²) in [6.45, 7) is 5.29. The number of likely N-dealkylation sites (tertiary alicyclic amines) is 1. The van der Waals surface area contributed by atoms with E-state index in [1.165, 1.54) is 11.3 Å². The van der Waals surface area contributed by atoms with Gasteiger partial charge in [0, 0.05) is 34.6 Å². The van der Waals surface area contributed by atoms with Crippen LogP contribution < -0.4 is 5.56 Å². The molecule has 0 unspecified atom stereocenters. The van der Waals surface area contributed by atoms with E-state index in [-0.39, 0.29) is 11.5 Å². The molecule has 0 spiro atoms. The van der Waals surface area contributed by atoms with Crippen molar-refractivity contribution in [2.45, 2.75) is 33.1 Å². The summed E-state index contributed by atoms with van der Waals surface area (Å²) in [6.07, 6.45) is 10.8. The predicted molar refractivity (Wildman–Crippen MR) is 161 cm³/mol. The van der Waals surface area contributed by atoms with Gasteiger partial charge in [-0.25, -0.2) is 4.98 Å². The molecule has 39 heavy (non-hydrogen) atoms. The third-order valence-electron chi connectivity index (χ3n) is 6.71. The summed E-state index contributed by atoms with van der Waals surface area (Å²) >= 11 is 7.43. The third kappa shape index (κ3) is 5.47. The number of halogens is 1. The van der Waals surface area contributed by atoms with E-state index >= 15 is 0 Å². The van der Waals surface area contributed by atoms with Crippen LogP contribution in [-0.2, 0) is 0 Å². The Kier molecular flexibility index (Phi) is 7.83. The number of allylic oxidation sites excluding steroid dienone is 1. The van der Waals surface area contributed by atoms with Gasteiger partial charge in [0.25, 0.3) is 11.5 Å². The Hall–Kier alpha value is -3.92. The number of piperidine rings is 1. The lowest BCUT2D eigenvalue weighted by atomic mass is 10.0. The van der Waals surface area contributed by atoms with Crippen molar-refractivity contribution >= 4 is 34.9 Å². The van der Waals surface area contributed by atoms with Crippen LogP contribution in [0.25, 0.3) is 33.6 Å². The summed E-state index contributed by atoms with van der Waals surface area (Å²) < 4.78 is 1.58. The number of benzene rings is 2. The highest BCUT2D eigenvalue weighted by Crippen LogP contribution is 2.31. The van der Waals surface area contributed by atoms with Crippen molar-refractivity contribution in [1.29, 1.82) is 0 Å². The fourth-order valence-corrected chi connectivity index (χ4v) is 5.78. The largest absolute Gasteiger partial charge is 0.339 e. The number of para-hydroxylation sites is 1. The first-order valence-corrected chi connectivity index (χ1v) is 14.1. The summed E-state index contributed by atoms with van der Waals surface area (Å²) in [5.74, 6) is 2.61. The van der Waals surface area contributed by atoms with Crippen molar-refractivity contribution in [2.75, 3.05) is 13.1 Å². The number of aromatic nitrogens is 2. The molecular weight excluding hydrogens is 526 g/mol. The molecule has 1 fully saturated rings. The molecule has 4 aromatic rings. The first kappa shape index (κ1) is 26.7. The Morgan fingerprint density at radius 2 is 1.79 bits per heavy atom. The highest BCUT2D eigenvalue weighted by Gasteiger charge is 2.26. The number of thiazole rings is 1. The van der Waals surface area contributed by atoms with Crippen molar-refractivity contribution in [3.8, 4) is 39.9 Å². The Labute approximate surface area is 237 Å². The second kappa shape index (κ2) is 11.4. The molecule has 1 saturated heterocycles. The van der Waals surface area contributed by atoms with Crippen LogP contribution in [0.3, 0.4) is 0 Å². The van der Waals surface area contributed by atoms with Gasteiger partial charge in [-0.3, -0.25) is 14.2 Å². The summed E-state index contributed by atoms with van der Waals surface area (Å²) in [5, 5.41) is 3.08. The molecule has 0 saturated carbocycles. The highest BCUT2D eigenvalue weighted by molar-refractivity contribution is 7.13. The molecule has 1 aliphatic rings. The third-order valence-corrected chi connectivity index (χ3v) is 7.84. The Morgan fingerprint density at radius 1 is 1.08 bits per heavy atom. The van der Waals surface area contributed by atoms with Crippen molar-refractivity contribution in [1.82, 2.24) is 14.5 Å². The number of rotatable bonds is 5. The highest BCUT2D eigenvalue weighted by atomic mass is 35.5. The van der Waals surface area contributed by atoms with Crippen molar-refractivity contribution in [3.05, 3.63) is 97.7 Å². The molecule has 5 nitrogen and oxygen atoms in total. The fourth-order valence-electron chi connectivity index (χ4n) is 4.82. The zero-order valence-corrected chi connectivity index (χ0v) is 23.5. The summed E-state index contributed by atoms with van der Waals surface area (Å²) in [7, 11) is 0. The number of nitrogens with zero attached hydrogens (tertiary/aromatic N) is 3. The van der Waals surface area contributed by atoms with Crippen molar-refractivity contribution in [2.24, 2.45) is 0 Å². The van der Waals surface area contributed by atoms with Crippen LogP contribution in [0.4, 0.5) is 0 Å². The molecule has 0 N–H and O–H groups in total. The zero-order chi connectivity index (χ0) is 27.5. The first-order chi connectivity index (χ1) is 18.9. The minimum Gasteiger partial charge on any atom is -0.339 e. The average Bonchev–Trinajstić information content (AvgIpc) is 3.44. The lowest BCUT2D eigenvalue weighted by molar-refractivity contribution is 0.0723. The van der Waals surface area contributed by atoms with Gasteiger partial charge in [0.15, 0.2) is 0 Å². The molecule has 1 amide bonds. The number of carbonyl (C=O) groups excluding carboxylic acids is 1. The summed E-state index contributed by atoms with van der Waals surface area (Å²) in [5.41, 5.74) is 4.78. The van der Waals surface area contributed by atoms with Gasteiger partial charge in [-0.15, -0.1) is 17.8 Å². The van der Waals surface area contributed by atoms with Crippen LogP contribution in [0.2, 0.25) is 5.02 Å². The molecular formula is C32H28ClN3O2S. The van der Waals surface area contributed by atoms with Crippen LogP contribution in [0.1, 0.15) is 54.7 Å². The van der Waals surface area contributed by atoms with Gasteiger partial charge >= 0.3 is 0 Å². The monoisotopic (exact) mass is 553 g/mol. The fraction of sp³-hybridized carbons (Fsp3) is 0.219. The molecule has 0 bridgehead atoms. The second-order valence-electron chi connectivity index (χ2n) is 9.78. The summed E-state index contributed by atoms with van der Waals surface area (Å²) in [4.78, 5) is 35.0. The van der Waals surface area contributed by atoms with E-state index in [9.17, 15) is 9.59 Å². The van der Waals surface area contributed by atoms with E-state index in [1.54, 1.807) is 16.7 Å². The summed E-state index contributed by atoms with van der Waals surface area (Å²) in [6, 6.07) is 16.4. The average molecular weight is 554 g/mol. The van der Waals surface area contributed by atoms with E-state index in [0.29, 0.717) is 51.2 Å². The first-order valence-electron chi connectivity index (χ1n) is 12.9. The molecule has 0 aliphatic carbocycles. The van der Waals surface area contributed by atoms with Gasteiger partial charge in [-0.1, -0.05) is 47.4 Å². The minimum atomic E-state index is -0.280. The molecule has 5 rings (SSSR count). The van der Waals surface area contributed by atoms with Crippen LogP contribution in [0.15, 0.2) is 70.3 Å². The SMILES string of the molecule is C#Cc1ccccc1-n1c(C=C(C)C)c(C(=O)N2CCCCC2)cc(-c2nc(-c3ccc(Cl)cc3)cs2)c1=O. The molecule has 3 heterocycles. The maximum atomic E-state index is 14.3. The topological polar surface area (TPSA) is 55.2 Å². The molecule has 196 valence electrons. The van der Waals surface area contributed by atoms with E-state index < -0.39 is 0 Å². The smallest absolute Gasteiger partial charge is 0.265 e. The van der Waals surface area contributed by atoms with Gasteiger partial charge in [-0.2, -0.15) is 0 Å². The van der Waals surface area contributed by atoms with Gasteiger partial charge in [0.1, 0.15) is 5.01 Å². The van der Waals surface area contributed by atoms with Gasteiger partial charge in [0.05, 0.1) is 28.2 Å². The van der Waals surface area contributed by atoms with E-state index in [4.69, 9.17) is 23.0 Å². The normalized spacial score (nSPS) is 13.1. The number of pyridine rings is 1. The minimum absolute atomic E-state index is 0.0927.